The first-order chi connectivity index (χ1) is 9.85. The van der Waals surface area contributed by atoms with E-state index < -0.39 is 0 Å². The molecule has 2 rings (SSSR count). The van der Waals surface area contributed by atoms with Crippen LogP contribution in [0.3, 0.4) is 0 Å². The van der Waals surface area contributed by atoms with Crippen molar-refractivity contribution in [2.24, 2.45) is 0 Å². The standard InChI is InChI=1S/C17H28N2O/c1-3-4-10-20-11-9-19-14-16-8-6-5-7-15(16)12-17(19)13-18-2/h5-8,17-18H,3-4,9-14H2,1-2H3. The number of unbranched alkanes of at least 4 members (excludes halogenated alkanes) is 1. The molecule has 1 N–H and O–H groups in total. The van der Waals surface area contributed by atoms with E-state index in [9.17, 15) is 0 Å². The van der Waals surface area contributed by atoms with Crippen LogP contribution in [-0.4, -0.2) is 44.3 Å². The predicted molar refractivity (Wildman–Crippen MR) is 84.0 cm³/mol. The fraction of sp³-hybridized carbons (Fsp3) is 0.647. The van der Waals surface area contributed by atoms with Crippen LogP contribution in [-0.2, 0) is 17.7 Å². The minimum Gasteiger partial charge on any atom is -0.380 e. The Labute approximate surface area is 123 Å². The minimum absolute atomic E-state index is 0.588. The van der Waals surface area contributed by atoms with E-state index in [0.717, 1.165) is 39.3 Å². The molecule has 1 atom stereocenters. The number of hydrogen-bond acceptors (Lipinski definition) is 3. The zero-order chi connectivity index (χ0) is 14.2. The van der Waals surface area contributed by atoms with Crippen molar-refractivity contribution in [2.45, 2.75) is 38.8 Å². The van der Waals surface area contributed by atoms with Crippen LogP contribution < -0.4 is 5.32 Å². The second-order valence-corrected chi connectivity index (χ2v) is 5.62. The van der Waals surface area contributed by atoms with Gasteiger partial charge in [0, 0.05) is 32.3 Å². The van der Waals surface area contributed by atoms with Crippen molar-refractivity contribution >= 4 is 0 Å². The van der Waals surface area contributed by atoms with Gasteiger partial charge in [-0.15, -0.1) is 0 Å². The van der Waals surface area contributed by atoms with Crippen molar-refractivity contribution in [1.82, 2.24) is 10.2 Å². The van der Waals surface area contributed by atoms with E-state index >= 15 is 0 Å². The first-order valence-corrected chi connectivity index (χ1v) is 7.88. The van der Waals surface area contributed by atoms with Gasteiger partial charge in [0.1, 0.15) is 0 Å². The maximum Gasteiger partial charge on any atom is 0.0593 e. The quantitative estimate of drug-likeness (QED) is 0.738. The first-order valence-electron chi connectivity index (χ1n) is 7.88. The van der Waals surface area contributed by atoms with Gasteiger partial charge in [-0.2, -0.15) is 0 Å². The first kappa shape index (κ1) is 15.5. The van der Waals surface area contributed by atoms with Gasteiger partial charge < -0.3 is 10.1 Å². The van der Waals surface area contributed by atoms with Gasteiger partial charge in [-0.05, 0) is 31.0 Å². The number of nitrogens with zero attached hydrogens (tertiary/aromatic N) is 1. The Morgan fingerprint density at radius 3 is 2.80 bits per heavy atom. The average Bonchev–Trinajstić information content (AvgIpc) is 2.47. The van der Waals surface area contributed by atoms with Crippen molar-refractivity contribution < 1.29 is 4.74 Å². The van der Waals surface area contributed by atoms with E-state index in [1.807, 2.05) is 7.05 Å². The van der Waals surface area contributed by atoms with Crippen molar-refractivity contribution in [3.8, 4) is 0 Å². The summed E-state index contributed by atoms with van der Waals surface area (Å²) in [5, 5.41) is 3.33. The molecular formula is C17H28N2O. The number of fused-ring (bicyclic) bond motifs is 1. The van der Waals surface area contributed by atoms with Crippen molar-refractivity contribution in [3.63, 3.8) is 0 Å². The van der Waals surface area contributed by atoms with Crippen molar-refractivity contribution in [2.75, 3.05) is 33.4 Å². The molecule has 0 spiro atoms. The van der Waals surface area contributed by atoms with Crippen LogP contribution in [0.25, 0.3) is 0 Å². The van der Waals surface area contributed by atoms with Crippen LogP contribution in [0.4, 0.5) is 0 Å². The van der Waals surface area contributed by atoms with Gasteiger partial charge >= 0.3 is 0 Å². The molecule has 1 aliphatic heterocycles. The Hall–Kier alpha value is -0.900. The zero-order valence-corrected chi connectivity index (χ0v) is 12.9. The summed E-state index contributed by atoms with van der Waals surface area (Å²) >= 11 is 0. The summed E-state index contributed by atoms with van der Waals surface area (Å²) in [6, 6.07) is 9.42. The molecule has 1 aromatic carbocycles. The zero-order valence-electron chi connectivity index (χ0n) is 12.9. The van der Waals surface area contributed by atoms with Gasteiger partial charge in [-0.3, -0.25) is 4.90 Å². The summed E-state index contributed by atoms with van der Waals surface area (Å²) in [6.45, 7) is 7.08. The Morgan fingerprint density at radius 1 is 1.25 bits per heavy atom. The maximum absolute atomic E-state index is 5.73. The molecule has 0 aromatic heterocycles. The Bertz CT molecular complexity index is 394. The van der Waals surface area contributed by atoms with Gasteiger partial charge in [-0.25, -0.2) is 0 Å². The Morgan fingerprint density at radius 2 is 2.05 bits per heavy atom. The third-order valence-corrected chi connectivity index (χ3v) is 4.07. The molecule has 0 fully saturated rings. The summed E-state index contributed by atoms with van der Waals surface area (Å²) in [6.07, 6.45) is 3.52. The molecule has 1 unspecified atom stereocenters. The lowest BCUT2D eigenvalue weighted by molar-refractivity contribution is 0.0767. The SMILES string of the molecule is CCCCOCCN1Cc2ccccc2CC1CNC. The van der Waals surface area contributed by atoms with Crippen LogP contribution in [0.5, 0.6) is 0 Å². The highest BCUT2D eigenvalue weighted by molar-refractivity contribution is 5.30. The fourth-order valence-corrected chi connectivity index (χ4v) is 2.87. The molecule has 1 aliphatic rings. The third kappa shape index (κ3) is 4.30. The number of rotatable bonds is 8. The second kappa shape index (κ2) is 8.40. The van der Waals surface area contributed by atoms with Gasteiger partial charge in [0.05, 0.1) is 6.61 Å². The van der Waals surface area contributed by atoms with Gasteiger partial charge in [0.25, 0.3) is 0 Å². The van der Waals surface area contributed by atoms with Crippen LogP contribution in [0, 0.1) is 0 Å². The largest absolute Gasteiger partial charge is 0.380 e. The highest BCUT2D eigenvalue weighted by Crippen LogP contribution is 2.22. The lowest BCUT2D eigenvalue weighted by atomic mass is 9.94. The monoisotopic (exact) mass is 276 g/mol. The molecule has 0 saturated carbocycles. The van der Waals surface area contributed by atoms with Crippen LogP contribution in [0.2, 0.25) is 0 Å². The van der Waals surface area contributed by atoms with E-state index in [1.165, 1.54) is 24.0 Å². The fourth-order valence-electron chi connectivity index (χ4n) is 2.87. The lowest BCUT2D eigenvalue weighted by Gasteiger charge is -2.36. The molecule has 0 amide bonds. The topological polar surface area (TPSA) is 24.5 Å². The second-order valence-electron chi connectivity index (χ2n) is 5.62. The van der Waals surface area contributed by atoms with Crippen molar-refractivity contribution in [1.29, 1.82) is 0 Å². The highest BCUT2D eigenvalue weighted by atomic mass is 16.5. The van der Waals surface area contributed by atoms with Gasteiger partial charge in [0.2, 0.25) is 0 Å². The van der Waals surface area contributed by atoms with E-state index in [2.05, 4.69) is 41.4 Å². The predicted octanol–water partition coefficient (Wildman–Crippen LogP) is 2.45. The van der Waals surface area contributed by atoms with Crippen LogP contribution >= 0.6 is 0 Å². The lowest BCUT2D eigenvalue weighted by Crippen LogP contribution is -2.46. The Balaban J connectivity index is 1.88. The number of hydrogen-bond donors (Lipinski definition) is 1. The van der Waals surface area contributed by atoms with E-state index in [4.69, 9.17) is 4.74 Å². The number of ether oxygens (including phenoxy) is 1. The molecule has 112 valence electrons. The molecule has 0 radical (unpaired) electrons. The smallest absolute Gasteiger partial charge is 0.0593 e. The summed E-state index contributed by atoms with van der Waals surface area (Å²) in [7, 11) is 2.04. The van der Waals surface area contributed by atoms with Gasteiger partial charge in [-0.1, -0.05) is 37.6 Å². The summed E-state index contributed by atoms with van der Waals surface area (Å²) < 4.78 is 5.73. The average molecular weight is 276 g/mol. The summed E-state index contributed by atoms with van der Waals surface area (Å²) in [5.74, 6) is 0. The molecule has 1 heterocycles. The molecule has 0 aliphatic carbocycles. The number of benzene rings is 1. The van der Waals surface area contributed by atoms with Gasteiger partial charge in [0.15, 0.2) is 0 Å². The molecule has 0 bridgehead atoms. The molecule has 3 heteroatoms. The third-order valence-electron chi connectivity index (χ3n) is 4.07. The number of likely N-dealkylation sites (N-methyl/N-ethyl adjacent to an activating group) is 1. The van der Waals surface area contributed by atoms with Crippen LogP contribution in [0.1, 0.15) is 30.9 Å². The summed E-state index contributed by atoms with van der Waals surface area (Å²) in [4.78, 5) is 2.56. The van der Waals surface area contributed by atoms with E-state index in [0.29, 0.717) is 6.04 Å². The summed E-state index contributed by atoms with van der Waals surface area (Å²) in [5.41, 5.74) is 2.99. The normalized spacial score (nSPS) is 19.0. The maximum atomic E-state index is 5.73. The molecular weight excluding hydrogens is 248 g/mol. The minimum atomic E-state index is 0.588. The highest BCUT2D eigenvalue weighted by Gasteiger charge is 2.24. The molecule has 3 nitrogen and oxygen atoms in total. The van der Waals surface area contributed by atoms with E-state index in [-0.39, 0.29) is 0 Å². The molecule has 1 aromatic rings. The van der Waals surface area contributed by atoms with Crippen molar-refractivity contribution in [3.05, 3.63) is 35.4 Å². The Kier molecular flexibility index (Phi) is 6.51. The number of nitrogens with one attached hydrogen (secondary N) is 1. The van der Waals surface area contributed by atoms with Crippen LogP contribution in [0.15, 0.2) is 24.3 Å². The van der Waals surface area contributed by atoms with E-state index in [1.54, 1.807) is 0 Å². The molecule has 20 heavy (non-hydrogen) atoms. The molecule has 0 saturated heterocycles.